The fraction of sp³-hybridized carbons (Fsp3) is 0.611. The number of halogens is 3. The van der Waals surface area contributed by atoms with Gasteiger partial charge < -0.3 is 20.1 Å². The van der Waals surface area contributed by atoms with Gasteiger partial charge in [0.1, 0.15) is 5.60 Å². The maximum Gasteiger partial charge on any atom is 0.416 e. The number of carbonyl (C=O) groups is 1. The highest BCUT2D eigenvalue weighted by atomic mass is 19.4. The standard InChI is InChI=1S/C18H25F3N2O3/c1-17(2,3)26-16(24)23-9-8-14(22)15(10-23)25-11-12-4-6-13(7-5-12)18(19,20)21/h4-7,14-15H,8-11,22H2,1-3H3. The van der Waals surface area contributed by atoms with Gasteiger partial charge in [-0.05, 0) is 44.9 Å². The smallest absolute Gasteiger partial charge is 0.416 e. The summed E-state index contributed by atoms with van der Waals surface area (Å²) in [4.78, 5) is 13.7. The zero-order chi connectivity index (χ0) is 19.5. The number of hydrogen-bond acceptors (Lipinski definition) is 4. The predicted molar refractivity (Wildman–Crippen MR) is 90.4 cm³/mol. The van der Waals surface area contributed by atoms with Crippen molar-refractivity contribution in [2.24, 2.45) is 5.73 Å². The van der Waals surface area contributed by atoms with Gasteiger partial charge >= 0.3 is 12.3 Å². The number of rotatable bonds is 3. The quantitative estimate of drug-likeness (QED) is 0.879. The summed E-state index contributed by atoms with van der Waals surface area (Å²) < 4.78 is 48.9. The van der Waals surface area contributed by atoms with E-state index in [1.165, 1.54) is 12.1 Å². The number of ether oxygens (including phenoxy) is 2. The summed E-state index contributed by atoms with van der Waals surface area (Å²) >= 11 is 0. The van der Waals surface area contributed by atoms with Crippen molar-refractivity contribution in [3.63, 3.8) is 0 Å². The van der Waals surface area contributed by atoms with E-state index in [9.17, 15) is 18.0 Å². The first kappa shape index (κ1) is 20.5. The fourth-order valence-corrected chi connectivity index (χ4v) is 2.60. The Morgan fingerprint density at radius 1 is 1.23 bits per heavy atom. The lowest BCUT2D eigenvalue weighted by Crippen LogP contribution is -2.54. The molecule has 1 aliphatic heterocycles. The molecule has 5 nitrogen and oxygen atoms in total. The second kappa shape index (κ2) is 7.84. The number of likely N-dealkylation sites (tertiary alicyclic amines) is 1. The van der Waals surface area contributed by atoms with Crippen molar-refractivity contribution in [3.05, 3.63) is 35.4 Å². The number of hydrogen-bond donors (Lipinski definition) is 1. The Labute approximate surface area is 151 Å². The number of piperidine rings is 1. The lowest BCUT2D eigenvalue weighted by molar-refractivity contribution is -0.137. The van der Waals surface area contributed by atoms with Crippen LogP contribution in [0.5, 0.6) is 0 Å². The molecule has 146 valence electrons. The van der Waals surface area contributed by atoms with Crippen LogP contribution in [0.4, 0.5) is 18.0 Å². The Bertz CT molecular complexity index is 612. The molecule has 0 aromatic heterocycles. The summed E-state index contributed by atoms with van der Waals surface area (Å²) in [6.45, 7) is 6.27. The highest BCUT2D eigenvalue weighted by Gasteiger charge is 2.33. The molecule has 26 heavy (non-hydrogen) atoms. The third kappa shape index (κ3) is 5.88. The highest BCUT2D eigenvalue weighted by molar-refractivity contribution is 5.68. The van der Waals surface area contributed by atoms with Crippen molar-refractivity contribution in [2.45, 2.75) is 57.7 Å². The molecule has 1 aromatic rings. The summed E-state index contributed by atoms with van der Waals surface area (Å²) in [6, 6.07) is 4.55. The minimum atomic E-state index is -4.36. The van der Waals surface area contributed by atoms with E-state index in [0.717, 1.165) is 12.1 Å². The average molecular weight is 374 g/mol. The molecule has 1 saturated heterocycles. The number of alkyl halides is 3. The molecule has 1 aliphatic rings. The van der Waals surface area contributed by atoms with Crippen LogP contribution in [-0.4, -0.2) is 41.8 Å². The molecule has 0 aliphatic carbocycles. The average Bonchev–Trinajstić information content (AvgIpc) is 2.52. The Balaban J connectivity index is 1.92. The van der Waals surface area contributed by atoms with Crippen molar-refractivity contribution >= 4 is 6.09 Å². The van der Waals surface area contributed by atoms with Crippen LogP contribution in [0.2, 0.25) is 0 Å². The summed E-state index contributed by atoms with van der Waals surface area (Å²) in [7, 11) is 0. The Morgan fingerprint density at radius 3 is 2.38 bits per heavy atom. The van der Waals surface area contributed by atoms with E-state index in [2.05, 4.69) is 0 Å². The van der Waals surface area contributed by atoms with Crippen molar-refractivity contribution in [1.29, 1.82) is 0 Å². The maximum absolute atomic E-state index is 12.6. The number of nitrogens with zero attached hydrogens (tertiary/aromatic N) is 1. The third-order valence-corrected chi connectivity index (χ3v) is 4.01. The van der Waals surface area contributed by atoms with Crippen molar-refractivity contribution in [3.8, 4) is 0 Å². The second-order valence-corrected chi connectivity index (χ2v) is 7.42. The van der Waals surface area contributed by atoms with Gasteiger partial charge in [-0.3, -0.25) is 0 Å². The number of carbonyl (C=O) groups excluding carboxylic acids is 1. The molecule has 0 spiro atoms. The molecule has 1 fully saturated rings. The maximum atomic E-state index is 12.6. The van der Waals surface area contributed by atoms with E-state index in [4.69, 9.17) is 15.2 Å². The molecule has 1 heterocycles. The van der Waals surface area contributed by atoms with Crippen LogP contribution < -0.4 is 5.73 Å². The molecule has 1 aromatic carbocycles. The molecule has 0 radical (unpaired) electrons. The van der Waals surface area contributed by atoms with Gasteiger partial charge in [0.2, 0.25) is 0 Å². The summed E-state index contributed by atoms with van der Waals surface area (Å²) in [6.07, 6.45) is -4.62. The number of amides is 1. The lowest BCUT2D eigenvalue weighted by Gasteiger charge is -2.37. The Morgan fingerprint density at radius 2 is 1.85 bits per heavy atom. The van der Waals surface area contributed by atoms with Gasteiger partial charge in [0.25, 0.3) is 0 Å². The monoisotopic (exact) mass is 374 g/mol. The van der Waals surface area contributed by atoms with Crippen LogP contribution in [0.25, 0.3) is 0 Å². The first-order valence-electron chi connectivity index (χ1n) is 8.47. The van der Waals surface area contributed by atoms with Crippen molar-refractivity contribution in [2.75, 3.05) is 13.1 Å². The molecule has 0 saturated carbocycles. The second-order valence-electron chi connectivity index (χ2n) is 7.42. The fourth-order valence-electron chi connectivity index (χ4n) is 2.60. The first-order valence-corrected chi connectivity index (χ1v) is 8.47. The first-order chi connectivity index (χ1) is 12.0. The van der Waals surface area contributed by atoms with Gasteiger partial charge in [-0.1, -0.05) is 12.1 Å². The van der Waals surface area contributed by atoms with Gasteiger partial charge in [-0.2, -0.15) is 13.2 Å². The van der Waals surface area contributed by atoms with E-state index in [-0.39, 0.29) is 19.2 Å². The predicted octanol–water partition coefficient (Wildman–Crippen LogP) is 3.56. The number of benzene rings is 1. The third-order valence-electron chi connectivity index (χ3n) is 4.01. The Kier molecular flexibility index (Phi) is 6.18. The van der Waals surface area contributed by atoms with Gasteiger partial charge in [0.15, 0.2) is 0 Å². The topological polar surface area (TPSA) is 64.8 Å². The summed E-state index contributed by atoms with van der Waals surface area (Å²) in [5.74, 6) is 0. The van der Waals surface area contributed by atoms with E-state index < -0.39 is 29.5 Å². The van der Waals surface area contributed by atoms with Gasteiger partial charge in [-0.25, -0.2) is 4.79 Å². The van der Waals surface area contributed by atoms with Crippen LogP contribution in [0, 0.1) is 0 Å². The van der Waals surface area contributed by atoms with Crippen molar-refractivity contribution < 1.29 is 27.4 Å². The SMILES string of the molecule is CC(C)(C)OC(=O)N1CCC(N)C(OCc2ccc(C(F)(F)F)cc2)C1. The van der Waals surface area contributed by atoms with E-state index >= 15 is 0 Å². The minimum Gasteiger partial charge on any atom is -0.444 e. The highest BCUT2D eigenvalue weighted by Crippen LogP contribution is 2.29. The summed E-state index contributed by atoms with van der Waals surface area (Å²) in [5, 5.41) is 0. The van der Waals surface area contributed by atoms with E-state index in [1.54, 1.807) is 25.7 Å². The van der Waals surface area contributed by atoms with Crippen LogP contribution in [0.3, 0.4) is 0 Å². The summed E-state index contributed by atoms with van der Waals surface area (Å²) in [5.41, 5.74) is 5.38. The van der Waals surface area contributed by atoms with Crippen LogP contribution in [-0.2, 0) is 22.3 Å². The van der Waals surface area contributed by atoms with Crippen molar-refractivity contribution in [1.82, 2.24) is 4.90 Å². The molecular weight excluding hydrogens is 349 g/mol. The van der Waals surface area contributed by atoms with Crippen LogP contribution in [0.15, 0.2) is 24.3 Å². The van der Waals surface area contributed by atoms with Gasteiger partial charge in [0, 0.05) is 12.6 Å². The molecule has 2 unspecified atom stereocenters. The number of nitrogens with two attached hydrogens (primary N) is 1. The molecule has 2 N–H and O–H groups in total. The zero-order valence-corrected chi connectivity index (χ0v) is 15.2. The molecule has 1 amide bonds. The normalized spacial score (nSPS) is 21.6. The largest absolute Gasteiger partial charge is 0.444 e. The molecular formula is C18H25F3N2O3. The van der Waals surface area contributed by atoms with Crippen LogP contribution in [0.1, 0.15) is 38.3 Å². The van der Waals surface area contributed by atoms with E-state index in [0.29, 0.717) is 18.5 Å². The molecule has 8 heteroatoms. The molecule has 0 bridgehead atoms. The molecule has 2 rings (SSSR count). The minimum absolute atomic E-state index is 0.124. The van der Waals surface area contributed by atoms with Gasteiger partial charge in [0.05, 0.1) is 24.8 Å². The van der Waals surface area contributed by atoms with E-state index in [1.807, 2.05) is 0 Å². The lowest BCUT2D eigenvalue weighted by atomic mass is 10.0. The van der Waals surface area contributed by atoms with Crippen LogP contribution >= 0.6 is 0 Å². The Hall–Kier alpha value is -1.80. The van der Waals surface area contributed by atoms with Gasteiger partial charge in [-0.15, -0.1) is 0 Å². The zero-order valence-electron chi connectivity index (χ0n) is 15.2. The molecule has 2 atom stereocenters.